The normalized spacial score (nSPS) is 15.5. The van der Waals surface area contributed by atoms with Crippen LogP contribution in [0.25, 0.3) is 16.7 Å². The minimum atomic E-state index is -3.62. The first kappa shape index (κ1) is 12.0. The Bertz CT molecular complexity index is 861. The van der Waals surface area contributed by atoms with E-state index in [9.17, 15) is 8.78 Å². The number of hydrogen-bond donors (Lipinski definition) is 1. The molecule has 1 aliphatic heterocycles. The van der Waals surface area contributed by atoms with Gasteiger partial charge < -0.3 is 15.2 Å². The van der Waals surface area contributed by atoms with Gasteiger partial charge in [-0.2, -0.15) is 0 Å². The molecule has 0 unspecified atom stereocenters. The van der Waals surface area contributed by atoms with Crippen molar-refractivity contribution >= 4 is 16.7 Å². The summed E-state index contributed by atoms with van der Waals surface area (Å²) >= 11 is 0. The predicted molar refractivity (Wildman–Crippen MR) is 71.7 cm³/mol. The highest BCUT2D eigenvalue weighted by Gasteiger charge is 2.43. The zero-order valence-corrected chi connectivity index (χ0v) is 10.6. The van der Waals surface area contributed by atoms with Crippen molar-refractivity contribution in [2.45, 2.75) is 6.29 Å². The molecule has 0 amide bonds. The second-order valence-electron chi connectivity index (χ2n) is 4.66. The maximum atomic E-state index is 13.0. The summed E-state index contributed by atoms with van der Waals surface area (Å²) in [6, 6.07) is 9.88. The minimum Gasteiger partial charge on any atom is -0.399 e. The van der Waals surface area contributed by atoms with E-state index in [1.165, 1.54) is 12.1 Å². The van der Waals surface area contributed by atoms with Crippen molar-refractivity contribution < 1.29 is 18.3 Å². The Kier molecular flexibility index (Phi) is 2.19. The number of nitrogen functional groups attached to an aromatic ring is 1. The molecule has 106 valence electrons. The van der Waals surface area contributed by atoms with Gasteiger partial charge in [-0.15, -0.1) is 8.78 Å². The van der Waals surface area contributed by atoms with Crippen molar-refractivity contribution in [1.29, 1.82) is 0 Å². The van der Waals surface area contributed by atoms with E-state index in [1.54, 1.807) is 29.1 Å². The molecule has 0 bridgehead atoms. The van der Waals surface area contributed by atoms with Gasteiger partial charge in [0.1, 0.15) is 6.33 Å². The lowest BCUT2D eigenvalue weighted by Crippen LogP contribution is -2.25. The molecule has 0 aliphatic carbocycles. The van der Waals surface area contributed by atoms with Crippen molar-refractivity contribution in [1.82, 2.24) is 9.55 Å². The number of benzene rings is 2. The zero-order chi connectivity index (χ0) is 14.6. The molecule has 2 heterocycles. The predicted octanol–water partition coefficient (Wildman–Crippen LogP) is 2.93. The molecule has 0 saturated carbocycles. The summed E-state index contributed by atoms with van der Waals surface area (Å²) in [4.78, 5) is 4.24. The van der Waals surface area contributed by atoms with Gasteiger partial charge >= 0.3 is 6.29 Å². The Hall–Kier alpha value is -2.83. The van der Waals surface area contributed by atoms with Crippen molar-refractivity contribution in [3.63, 3.8) is 0 Å². The standard InChI is InChI=1S/C14H9F2N3O2/c15-14(16)20-12-4-2-9(6-13(12)21-14)19-7-18-10-5-8(17)1-3-11(10)19/h1-7H,17H2. The van der Waals surface area contributed by atoms with Gasteiger partial charge in [0.25, 0.3) is 0 Å². The van der Waals surface area contributed by atoms with Crippen LogP contribution in [0.15, 0.2) is 42.7 Å². The first-order valence-electron chi connectivity index (χ1n) is 6.15. The Morgan fingerprint density at radius 1 is 1.05 bits per heavy atom. The smallest absolute Gasteiger partial charge is 0.399 e. The molecule has 0 atom stereocenters. The highest BCUT2D eigenvalue weighted by Crippen LogP contribution is 2.42. The van der Waals surface area contributed by atoms with E-state index in [4.69, 9.17) is 5.73 Å². The number of rotatable bonds is 1. The molecule has 21 heavy (non-hydrogen) atoms. The fraction of sp³-hybridized carbons (Fsp3) is 0.0714. The fourth-order valence-electron chi connectivity index (χ4n) is 2.32. The van der Waals surface area contributed by atoms with Crippen LogP contribution >= 0.6 is 0 Å². The molecule has 2 N–H and O–H groups in total. The van der Waals surface area contributed by atoms with E-state index in [2.05, 4.69) is 14.5 Å². The van der Waals surface area contributed by atoms with Gasteiger partial charge in [0.05, 0.1) is 16.7 Å². The molecule has 3 aromatic rings. The third kappa shape index (κ3) is 1.85. The molecule has 4 rings (SSSR count). The molecule has 0 saturated heterocycles. The molecule has 0 fully saturated rings. The van der Waals surface area contributed by atoms with Crippen LogP contribution in [0, 0.1) is 0 Å². The number of alkyl halides is 2. The number of aromatic nitrogens is 2. The van der Waals surface area contributed by atoms with Gasteiger partial charge in [-0.25, -0.2) is 4.98 Å². The number of fused-ring (bicyclic) bond motifs is 2. The van der Waals surface area contributed by atoms with Crippen LogP contribution in [0.2, 0.25) is 0 Å². The number of anilines is 1. The number of ether oxygens (including phenoxy) is 2. The van der Waals surface area contributed by atoms with E-state index < -0.39 is 6.29 Å². The number of imidazole rings is 1. The summed E-state index contributed by atoms with van der Waals surface area (Å²) in [6.45, 7) is 0. The van der Waals surface area contributed by atoms with Gasteiger partial charge in [0.15, 0.2) is 11.5 Å². The summed E-state index contributed by atoms with van der Waals surface area (Å²) in [5.74, 6) is 0.00668. The minimum absolute atomic E-state index is 0.00482. The molecule has 5 nitrogen and oxygen atoms in total. The van der Waals surface area contributed by atoms with Crippen LogP contribution in [0.3, 0.4) is 0 Å². The second kappa shape index (κ2) is 3.85. The third-order valence-electron chi connectivity index (χ3n) is 3.23. The SMILES string of the molecule is Nc1ccc2c(c1)ncn2-c1ccc2c(c1)OC(F)(F)O2. The van der Waals surface area contributed by atoms with E-state index in [1.807, 2.05) is 6.07 Å². The molecule has 7 heteroatoms. The molecule has 1 aliphatic rings. The quantitative estimate of drug-likeness (QED) is 0.700. The summed E-state index contributed by atoms with van der Waals surface area (Å²) < 4.78 is 36.6. The fourth-order valence-corrected chi connectivity index (χ4v) is 2.32. The van der Waals surface area contributed by atoms with Crippen molar-refractivity contribution in [2.75, 3.05) is 5.73 Å². The Morgan fingerprint density at radius 3 is 2.71 bits per heavy atom. The first-order chi connectivity index (χ1) is 10.0. The number of hydrogen-bond acceptors (Lipinski definition) is 4. The molecular formula is C14H9F2N3O2. The third-order valence-corrected chi connectivity index (χ3v) is 3.23. The zero-order valence-electron chi connectivity index (χ0n) is 10.6. The Morgan fingerprint density at radius 2 is 1.86 bits per heavy atom. The van der Waals surface area contributed by atoms with Crippen LogP contribution in [-0.4, -0.2) is 15.8 Å². The number of halogens is 2. The maximum Gasteiger partial charge on any atom is 0.586 e. The maximum absolute atomic E-state index is 13.0. The highest BCUT2D eigenvalue weighted by atomic mass is 19.3. The molecular weight excluding hydrogens is 280 g/mol. The van der Waals surface area contributed by atoms with Crippen LogP contribution < -0.4 is 15.2 Å². The molecule has 1 aromatic heterocycles. The van der Waals surface area contributed by atoms with E-state index in [0.717, 1.165) is 11.0 Å². The Balaban J connectivity index is 1.84. The summed E-state index contributed by atoms with van der Waals surface area (Å²) in [5.41, 5.74) is 8.49. The monoisotopic (exact) mass is 289 g/mol. The van der Waals surface area contributed by atoms with Gasteiger partial charge in [-0.3, -0.25) is 4.57 Å². The largest absolute Gasteiger partial charge is 0.586 e. The van der Waals surface area contributed by atoms with Crippen LogP contribution in [-0.2, 0) is 0 Å². The lowest BCUT2D eigenvalue weighted by atomic mass is 10.2. The van der Waals surface area contributed by atoms with E-state index >= 15 is 0 Å². The van der Waals surface area contributed by atoms with Gasteiger partial charge in [0, 0.05) is 11.8 Å². The average molecular weight is 289 g/mol. The number of nitrogens with two attached hydrogens (primary N) is 1. The van der Waals surface area contributed by atoms with E-state index in [-0.39, 0.29) is 11.5 Å². The van der Waals surface area contributed by atoms with Crippen LogP contribution in [0.5, 0.6) is 11.5 Å². The van der Waals surface area contributed by atoms with Crippen molar-refractivity contribution in [2.24, 2.45) is 0 Å². The van der Waals surface area contributed by atoms with Crippen LogP contribution in [0.4, 0.5) is 14.5 Å². The lowest BCUT2D eigenvalue weighted by Gasteiger charge is -2.05. The van der Waals surface area contributed by atoms with Gasteiger partial charge in [-0.1, -0.05) is 0 Å². The van der Waals surface area contributed by atoms with E-state index in [0.29, 0.717) is 11.4 Å². The summed E-state index contributed by atoms with van der Waals surface area (Å²) in [7, 11) is 0. The molecule has 0 spiro atoms. The van der Waals surface area contributed by atoms with Crippen molar-refractivity contribution in [3.8, 4) is 17.2 Å². The summed E-state index contributed by atoms with van der Waals surface area (Å²) in [5, 5.41) is 0. The number of nitrogens with zero attached hydrogens (tertiary/aromatic N) is 2. The average Bonchev–Trinajstić information content (AvgIpc) is 2.95. The van der Waals surface area contributed by atoms with Gasteiger partial charge in [-0.05, 0) is 30.3 Å². The Labute approximate surface area is 117 Å². The first-order valence-corrected chi connectivity index (χ1v) is 6.15. The topological polar surface area (TPSA) is 62.3 Å². The highest BCUT2D eigenvalue weighted by molar-refractivity contribution is 5.80. The molecule has 0 radical (unpaired) electrons. The van der Waals surface area contributed by atoms with Crippen LogP contribution in [0.1, 0.15) is 0 Å². The van der Waals surface area contributed by atoms with Gasteiger partial charge in [0.2, 0.25) is 0 Å². The lowest BCUT2D eigenvalue weighted by molar-refractivity contribution is -0.286. The second-order valence-corrected chi connectivity index (χ2v) is 4.66. The molecule has 2 aromatic carbocycles. The summed E-state index contributed by atoms with van der Waals surface area (Å²) in [6.07, 6.45) is -2.02. The van der Waals surface area contributed by atoms with Crippen molar-refractivity contribution in [3.05, 3.63) is 42.7 Å².